The first kappa shape index (κ1) is 13.3. The molecule has 0 saturated carbocycles. The fourth-order valence-electron chi connectivity index (χ4n) is 2.08. The summed E-state index contributed by atoms with van der Waals surface area (Å²) in [4.78, 5) is 0. The lowest BCUT2D eigenvalue weighted by molar-refractivity contribution is 0.494. The first-order valence-electron chi connectivity index (χ1n) is 6.58. The van der Waals surface area contributed by atoms with Crippen molar-refractivity contribution in [1.82, 2.24) is 5.32 Å². The largest absolute Gasteiger partial charge is 0.310 e. The average molecular weight is 259 g/mol. The smallest absolute Gasteiger partial charge is 0.0219 e. The van der Waals surface area contributed by atoms with Gasteiger partial charge in [0, 0.05) is 12.6 Å². The van der Waals surface area contributed by atoms with Crippen LogP contribution in [-0.4, -0.2) is 6.04 Å². The van der Waals surface area contributed by atoms with Crippen molar-refractivity contribution < 1.29 is 0 Å². The molecule has 96 valence electrons. The molecule has 1 unspecified atom stereocenters. The average Bonchev–Trinajstić information content (AvgIpc) is 2.81. The molecule has 0 bridgehead atoms. The highest BCUT2D eigenvalue weighted by Crippen LogP contribution is 2.14. The number of benzene rings is 1. The van der Waals surface area contributed by atoms with Crippen molar-refractivity contribution in [2.24, 2.45) is 0 Å². The Morgan fingerprint density at radius 1 is 1.17 bits per heavy atom. The predicted octanol–water partition coefficient (Wildman–Crippen LogP) is 4.17. The van der Waals surface area contributed by atoms with Crippen LogP contribution in [0.3, 0.4) is 0 Å². The van der Waals surface area contributed by atoms with Gasteiger partial charge in [-0.1, -0.05) is 37.3 Å². The summed E-state index contributed by atoms with van der Waals surface area (Å²) in [6.07, 6.45) is 2.28. The fraction of sp³-hybridized carbons (Fsp3) is 0.375. The van der Waals surface area contributed by atoms with Gasteiger partial charge < -0.3 is 5.32 Å². The molecule has 0 spiro atoms. The summed E-state index contributed by atoms with van der Waals surface area (Å²) in [6, 6.07) is 11.3. The zero-order chi connectivity index (χ0) is 12.8. The van der Waals surface area contributed by atoms with E-state index in [1.807, 2.05) is 0 Å². The number of rotatable bonds is 6. The van der Waals surface area contributed by atoms with E-state index in [0.717, 1.165) is 19.4 Å². The van der Waals surface area contributed by atoms with Crippen molar-refractivity contribution in [1.29, 1.82) is 0 Å². The van der Waals surface area contributed by atoms with E-state index in [1.165, 1.54) is 16.7 Å². The van der Waals surface area contributed by atoms with Gasteiger partial charge in [-0.2, -0.15) is 11.3 Å². The highest BCUT2D eigenvalue weighted by Gasteiger charge is 2.07. The van der Waals surface area contributed by atoms with Crippen molar-refractivity contribution in [2.75, 3.05) is 0 Å². The number of aryl methyl sites for hydroxylation is 1. The van der Waals surface area contributed by atoms with E-state index in [1.54, 1.807) is 11.3 Å². The molecule has 0 saturated heterocycles. The van der Waals surface area contributed by atoms with Crippen LogP contribution in [-0.2, 0) is 13.0 Å². The summed E-state index contributed by atoms with van der Waals surface area (Å²) in [5, 5.41) is 8.13. The Morgan fingerprint density at radius 3 is 2.56 bits per heavy atom. The molecular formula is C16H21NS. The molecule has 1 nitrogen and oxygen atoms in total. The van der Waals surface area contributed by atoms with E-state index in [9.17, 15) is 0 Å². The Kier molecular flexibility index (Phi) is 4.97. The zero-order valence-electron chi connectivity index (χ0n) is 11.1. The number of nitrogens with one attached hydrogen (secondary N) is 1. The minimum absolute atomic E-state index is 0.562. The second-order valence-corrected chi connectivity index (χ2v) is 5.50. The monoisotopic (exact) mass is 259 g/mol. The van der Waals surface area contributed by atoms with Crippen molar-refractivity contribution in [2.45, 2.75) is 39.3 Å². The van der Waals surface area contributed by atoms with Gasteiger partial charge in [-0.05, 0) is 47.2 Å². The first-order valence-corrected chi connectivity index (χ1v) is 7.53. The zero-order valence-corrected chi connectivity index (χ0v) is 12.0. The molecule has 0 fully saturated rings. The molecule has 1 aromatic heterocycles. The molecule has 2 heteroatoms. The number of thiophene rings is 1. The Hall–Kier alpha value is -1.12. The minimum atomic E-state index is 0.562. The van der Waals surface area contributed by atoms with Gasteiger partial charge in [0.15, 0.2) is 0 Å². The molecule has 1 atom stereocenters. The highest BCUT2D eigenvalue weighted by atomic mass is 32.1. The summed E-state index contributed by atoms with van der Waals surface area (Å²) < 4.78 is 0. The predicted molar refractivity (Wildman–Crippen MR) is 80.1 cm³/mol. The third kappa shape index (κ3) is 3.69. The molecule has 0 aliphatic heterocycles. The third-order valence-corrected chi connectivity index (χ3v) is 4.27. The van der Waals surface area contributed by atoms with E-state index in [4.69, 9.17) is 0 Å². The van der Waals surface area contributed by atoms with Crippen molar-refractivity contribution >= 4 is 11.3 Å². The van der Waals surface area contributed by atoms with E-state index < -0.39 is 0 Å². The molecule has 2 rings (SSSR count). The quantitative estimate of drug-likeness (QED) is 0.821. The van der Waals surface area contributed by atoms with Gasteiger partial charge in [0.2, 0.25) is 0 Å². The third-order valence-electron chi connectivity index (χ3n) is 3.36. The van der Waals surface area contributed by atoms with Crippen molar-refractivity contribution in [3.63, 3.8) is 0 Å². The van der Waals surface area contributed by atoms with Crippen LogP contribution in [0.2, 0.25) is 0 Å². The van der Waals surface area contributed by atoms with Gasteiger partial charge in [-0.15, -0.1) is 0 Å². The van der Waals surface area contributed by atoms with Crippen LogP contribution in [0.15, 0.2) is 41.1 Å². The highest BCUT2D eigenvalue weighted by molar-refractivity contribution is 7.08. The van der Waals surface area contributed by atoms with Crippen LogP contribution in [0.1, 0.15) is 30.0 Å². The minimum Gasteiger partial charge on any atom is -0.310 e. The summed E-state index contributed by atoms with van der Waals surface area (Å²) in [7, 11) is 0. The van der Waals surface area contributed by atoms with Crippen LogP contribution in [0.5, 0.6) is 0 Å². The maximum Gasteiger partial charge on any atom is 0.0219 e. The maximum absolute atomic E-state index is 3.67. The van der Waals surface area contributed by atoms with Gasteiger partial charge in [-0.25, -0.2) is 0 Å². The normalized spacial score (nSPS) is 12.6. The molecule has 1 N–H and O–H groups in total. The Morgan fingerprint density at radius 2 is 1.94 bits per heavy atom. The van der Waals surface area contributed by atoms with Crippen molar-refractivity contribution in [3.05, 3.63) is 57.8 Å². The first-order chi connectivity index (χ1) is 8.79. The molecular weight excluding hydrogens is 238 g/mol. The fourth-order valence-corrected chi connectivity index (χ4v) is 2.94. The number of hydrogen-bond acceptors (Lipinski definition) is 2. The lowest BCUT2D eigenvalue weighted by Crippen LogP contribution is -2.30. The van der Waals surface area contributed by atoms with Crippen LogP contribution in [0, 0.1) is 6.92 Å². The molecule has 1 heterocycles. The summed E-state index contributed by atoms with van der Waals surface area (Å²) >= 11 is 1.79. The maximum atomic E-state index is 3.67. The molecule has 0 aliphatic rings. The Labute approximate surface area is 114 Å². The van der Waals surface area contributed by atoms with Gasteiger partial charge in [-0.3, -0.25) is 0 Å². The van der Waals surface area contributed by atoms with Gasteiger partial charge in [0.25, 0.3) is 0 Å². The Bertz CT molecular complexity index is 461. The van der Waals surface area contributed by atoms with Crippen LogP contribution in [0.25, 0.3) is 0 Å². The SMILES string of the molecule is CCC(Cc1ccccc1)NCc1cscc1C. The molecule has 18 heavy (non-hydrogen) atoms. The van der Waals surface area contributed by atoms with Crippen LogP contribution < -0.4 is 5.32 Å². The van der Waals surface area contributed by atoms with E-state index in [2.05, 4.69) is 60.3 Å². The second kappa shape index (κ2) is 6.72. The van der Waals surface area contributed by atoms with Crippen LogP contribution in [0.4, 0.5) is 0 Å². The molecule has 1 aromatic carbocycles. The Balaban J connectivity index is 1.88. The number of hydrogen-bond donors (Lipinski definition) is 1. The standard InChI is InChI=1S/C16H21NS/c1-3-16(9-14-7-5-4-6-8-14)17-10-15-12-18-11-13(15)2/h4-8,11-12,16-17H,3,9-10H2,1-2H3. The molecule has 2 aromatic rings. The lowest BCUT2D eigenvalue weighted by Gasteiger charge is -2.17. The van der Waals surface area contributed by atoms with Crippen molar-refractivity contribution in [3.8, 4) is 0 Å². The van der Waals surface area contributed by atoms with Gasteiger partial charge in [0.05, 0.1) is 0 Å². The molecule has 0 radical (unpaired) electrons. The summed E-state index contributed by atoms with van der Waals surface area (Å²) in [5.74, 6) is 0. The van der Waals surface area contributed by atoms with E-state index in [-0.39, 0.29) is 0 Å². The summed E-state index contributed by atoms with van der Waals surface area (Å²) in [6.45, 7) is 5.42. The lowest BCUT2D eigenvalue weighted by atomic mass is 10.0. The van der Waals surface area contributed by atoms with Gasteiger partial charge in [0.1, 0.15) is 0 Å². The van der Waals surface area contributed by atoms with E-state index >= 15 is 0 Å². The molecule has 0 amide bonds. The molecule has 0 aliphatic carbocycles. The topological polar surface area (TPSA) is 12.0 Å². The summed E-state index contributed by atoms with van der Waals surface area (Å²) in [5.41, 5.74) is 4.26. The van der Waals surface area contributed by atoms with E-state index in [0.29, 0.717) is 6.04 Å². The second-order valence-electron chi connectivity index (χ2n) is 4.76. The van der Waals surface area contributed by atoms with Gasteiger partial charge >= 0.3 is 0 Å². The van der Waals surface area contributed by atoms with Crippen LogP contribution >= 0.6 is 11.3 Å².